The molecule has 0 saturated heterocycles. The van der Waals surface area contributed by atoms with Gasteiger partial charge in [-0.3, -0.25) is 0 Å². The molecule has 1 rings (SSSR count). The van der Waals surface area contributed by atoms with Crippen molar-refractivity contribution < 1.29 is 0 Å². The fourth-order valence-corrected chi connectivity index (χ4v) is 1.55. The van der Waals surface area contributed by atoms with E-state index in [9.17, 15) is 0 Å². The average Bonchev–Trinajstić information content (AvgIpc) is 2.20. The summed E-state index contributed by atoms with van der Waals surface area (Å²) in [6.07, 6.45) is 2.40. The summed E-state index contributed by atoms with van der Waals surface area (Å²) in [4.78, 5) is 10.5. The molecule has 0 saturated carbocycles. The van der Waals surface area contributed by atoms with Gasteiger partial charge in [0.15, 0.2) is 0 Å². The van der Waals surface area contributed by atoms with E-state index in [2.05, 4.69) is 35.6 Å². The van der Waals surface area contributed by atoms with Crippen molar-refractivity contribution in [1.29, 1.82) is 0 Å². The predicted molar refractivity (Wildman–Crippen MR) is 59.4 cm³/mol. The Labute approximate surface area is 85.2 Å². The summed E-state index contributed by atoms with van der Waals surface area (Å²) in [6.45, 7) is 8.18. The number of hydrogen-bond acceptors (Lipinski definition) is 4. The Hall–Kier alpha value is -1.32. The summed E-state index contributed by atoms with van der Waals surface area (Å²) in [5.74, 6) is 1.58. The van der Waals surface area contributed by atoms with Gasteiger partial charge >= 0.3 is 0 Å². The fraction of sp³-hybridized carbons (Fsp3) is 0.600. The highest BCUT2D eigenvalue weighted by Crippen LogP contribution is 2.21. The normalized spacial score (nSPS) is 10.2. The molecule has 0 aliphatic heterocycles. The Morgan fingerprint density at radius 1 is 1.21 bits per heavy atom. The minimum Gasteiger partial charge on any atom is -0.383 e. The van der Waals surface area contributed by atoms with Gasteiger partial charge in [-0.15, -0.1) is 0 Å². The molecule has 0 atom stereocenters. The molecule has 14 heavy (non-hydrogen) atoms. The van der Waals surface area contributed by atoms with Crippen molar-refractivity contribution in [1.82, 2.24) is 9.97 Å². The number of nitrogen functional groups attached to an aromatic ring is 1. The van der Waals surface area contributed by atoms with Crippen LogP contribution in [0.2, 0.25) is 0 Å². The van der Waals surface area contributed by atoms with Gasteiger partial charge in [0, 0.05) is 18.7 Å². The van der Waals surface area contributed by atoms with E-state index in [-0.39, 0.29) is 0 Å². The van der Waals surface area contributed by atoms with Crippen LogP contribution in [0.15, 0.2) is 6.33 Å². The molecule has 0 amide bonds. The molecule has 4 nitrogen and oxygen atoms in total. The number of hydrogen-bond donors (Lipinski definition) is 1. The molecule has 0 aliphatic rings. The van der Waals surface area contributed by atoms with Gasteiger partial charge in [0.25, 0.3) is 0 Å². The van der Waals surface area contributed by atoms with Crippen molar-refractivity contribution in [3.05, 3.63) is 11.9 Å². The second-order valence-electron chi connectivity index (χ2n) is 3.09. The maximum Gasteiger partial charge on any atom is 0.137 e. The molecule has 1 heterocycles. The first kappa shape index (κ1) is 10.8. The van der Waals surface area contributed by atoms with Crippen LogP contribution in [0.5, 0.6) is 0 Å². The van der Waals surface area contributed by atoms with E-state index in [1.807, 2.05) is 0 Å². The molecule has 0 bridgehead atoms. The van der Waals surface area contributed by atoms with Gasteiger partial charge in [-0.05, 0) is 20.3 Å². The molecule has 78 valence electrons. The van der Waals surface area contributed by atoms with Crippen molar-refractivity contribution in [3.63, 3.8) is 0 Å². The lowest BCUT2D eigenvalue weighted by atomic mass is 10.2. The van der Waals surface area contributed by atoms with Crippen LogP contribution in [0.4, 0.5) is 11.6 Å². The van der Waals surface area contributed by atoms with Gasteiger partial charge in [-0.2, -0.15) is 0 Å². The van der Waals surface area contributed by atoms with Crippen molar-refractivity contribution >= 4 is 11.6 Å². The summed E-state index contributed by atoms with van der Waals surface area (Å²) in [5.41, 5.74) is 6.85. The molecule has 0 spiro atoms. The number of nitrogens with two attached hydrogens (primary N) is 1. The van der Waals surface area contributed by atoms with Gasteiger partial charge in [-0.25, -0.2) is 9.97 Å². The maximum absolute atomic E-state index is 5.80. The molecule has 0 radical (unpaired) electrons. The summed E-state index contributed by atoms with van der Waals surface area (Å²) < 4.78 is 0. The van der Waals surface area contributed by atoms with Crippen molar-refractivity contribution in [2.45, 2.75) is 27.2 Å². The average molecular weight is 194 g/mol. The van der Waals surface area contributed by atoms with E-state index in [1.165, 1.54) is 6.33 Å². The predicted octanol–water partition coefficient (Wildman–Crippen LogP) is 1.47. The number of aromatic nitrogens is 2. The monoisotopic (exact) mass is 194 g/mol. The number of rotatable bonds is 4. The van der Waals surface area contributed by atoms with E-state index < -0.39 is 0 Å². The molecule has 1 aromatic heterocycles. The van der Waals surface area contributed by atoms with Crippen LogP contribution in [0, 0.1) is 0 Å². The highest BCUT2D eigenvalue weighted by atomic mass is 15.2. The largest absolute Gasteiger partial charge is 0.383 e. The van der Waals surface area contributed by atoms with Gasteiger partial charge in [0.1, 0.15) is 18.0 Å². The first-order chi connectivity index (χ1) is 6.74. The molecular formula is C10H18N4. The smallest absolute Gasteiger partial charge is 0.137 e. The third-order valence-electron chi connectivity index (χ3n) is 2.37. The topological polar surface area (TPSA) is 55.0 Å². The van der Waals surface area contributed by atoms with Crippen LogP contribution in [-0.4, -0.2) is 23.1 Å². The molecule has 0 aromatic carbocycles. The van der Waals surface area contributed by atoms with Crippen LogP contribution in [0.1, 0.15) is 26.3 Å². The summed E-state index contributed by atoms with van der Waals surface area (Å²) in [7, 11) is 0. The second kappa shape index (κ2) is 4.79. The third kappa shape index (κ3) is 1.95. The minimum atomic E-state index is 0.601. The van der Waals surface area contributed by atoms with Gasteiger partial charge in [0.2, 0.25) is 0 Å². The Bertz CT molecular complexity index is 294. The van der Waals surface area contributed by atoms with E-state index in [0.717, 1.165) is 30.9 Å². The second-order valence-corrected chi connectivity index (χ2v) is 3.09. The van der Waals surface area contributed by atoms with E-state index >= 15 is 0 Å². The molecule has 4 heteroatoms. The summed E-state index contributed by atoms with van der Waals surface area (Å²) in [6, 6.07) is 0. The van der Waals surface area contributed by atoms with Crippen LogP contribution in [0.3, 0.4) is 0 Å². The first-order valence-corrected chi connectivity index (χ1v) is 5.08. The molecule has 0 aliphatic carbocycles. The van der Waals surface area contributed by atoms with Crippen LogP contribution in [-0.2, 0) is 6.42 Å². The molecule has 1 aromatic rings. The zero-order chi connectivity index (χ0) is 10.6. The van der Waals surface area contributed by atoms with Crippen LogP contribution in [0.25, 0.3) is 0 Å². The third-order valence-corrected chi connectivity index (χ3v) is 2.37. The van der Waals surface area contributed by atoms with Gasteiger partial charge in [0.05, 0.1) is 0 Å². The van der Waals surface area contributed by atoms with Crippen LogP contribution >= 0.6 is 0 Å². The minimum absolute atomic E-state index is 0.601. The molecule has 0 unspecified atom stereocenters. The Kier molecular flexibility index (Phi) is 3.68. The Morgan fingerprint density at radius 2 is 1.86 bits per heavy atom. The zero-order valence-electron chi connectivity index (χ0n) is 9.12. The summed E-state index contributed by atoms with van der Waals surface area (Å²) in [5, 5.41) is 0. The lowest BCUT2D eigenvalue weighted by Crippen LogP contribution is -2.25. The lowest BCUT2D eigenvalue weighted by Gasteiger charge is -2.22. The Balaban J connectivity index is 3.11. The van der Waals surface area contributed by atoms with E-state index in [1.54, 1.807) is 0 Å². The standard InChI is InChI=1S/C10H18N4/c1-4-8-9(11)12-7-13-10(8)14(5-2)6-3/h7H,4-6H2,1-3H3,(H2,11,12,13). The maximum atomic E-state index is 5.80. The lowest BCUT2D eigenvalue weighted by molar-refractivity contribution is 0.828. The van der Waals surface area contributed by atoms with Crippen molar-refractivity contribution in [2.75, 3.05) is 23.7 Å². The van der Waals surface area contributed by atoms with Crippen molar-refractivity contribution in [3.8, 4) is 0 Å². The zero-order valence-corrected chi connectivity index (χ0v) is 9.12. The van der Waals surface area contributed by atoms with Crippen molar-refractivity contribution in [2.24, 2.45) is 0 Å². The quantitative estimate of drug-likeness (QED) is 0.788. The van der Waals surface area contributed by atoms with E-state index in [4.69, 9.17) is 5.73 Å². The highest BCUT2D eigenvalue weighted by molar-refractivity contribution is 5.56. The highest BCUT2D eigenvalue weighted by Gasteiger charge is 2.11. The molecular weight excluding hydrogens is 176 g/mol. The molecule has 2 N–H and O–H groups in total. The van der Waals surface area contributed by atoms with Crippen LogP contribution < -0.4 is 10.6 Å². The number of anilines is 2. The fourth-order valence-electron chi connectivity index (χ4n) is 1.55. The summed E-state index contributed by atoms with van der Waals surface area (Å²) >= 11 is 0. The van der Waals surface area contributed by atoms with Gasteiger partial charge in [-0.1, -0.05) is 6.92 Å². The Morgan fingerprint density at radius 3 is 2.36 bits per heavy atom. The number of nitrogens with zero attached hydrogens (tertiary/aromatic N) is 3. The first-order valence-electron chi connectivity index (χ1n) is 5.08. The van der Waals surface area contributed by atoms with Gasteiger partial charge < -0.3 is 10.6 Å². The SMILES string of the molecule is CCc1c(N)ncnc1N(CC)CC. The molecule has 0 fully saturated rings. The van der Waals surface area contributed by atoms with E-state index in [0.29, 0.717) is 5.82 Å².